The van der Waals surface area contributed by atoms with Gasteiger partial charge in [0.25, 0.3) is 0 Å². The number of unbranched alkanes of at least 4 members (excludes halogenated alkanes) is 3. The summed E-state index contributed by atoms with van der Waals surface area (Å²) in [4.78, 5) is 27.8. The van der Waals surface area contributed by atoms with Crippen LogP contribution in [0.2, 0.25) is 0 Å². The number of allylic oxidation sites excluding steroid dienone is 2. The first-order chi connectivity index (χ1) is 16.0. The van der Waals surface area contributed by atoms with Crippen molar-refractivity contribution in [3.05, 3.63) is 60.3 Å². The van der Waals surface area contributed by atoms with Crippen molar-refractivity contribution >= 4 is 11.9 Å². The Balaban J connectivity index is 1.76. The molecule has 0 saturated heterocycles. The number of carbonyl (C=O) groups is 2. The van der Waals surface area contributed by atoms with Crippen LogP contribution in [-0.4, -0.2) is 23.0 Å². The van der Waals surface area contributed by atoms with Crippen molar-refractivity contribution in [2.24, 2.45) is 0 Å². The number of rotatable bonds is 14. The SMILES string of the molecule is CCCC=CCCCCC(=O)Oc1ccc(-c2ccc(CCC(C)OC(=O)CC)cc2)nc1. The molecule has 1 atom stereocenters. The maximum Gasteiger partial charge on any atom is 0.311 e. The molecule has 0 spiro atoms. The molecule has 5 heteroatoms. The maximum atomic E-state index is 12.0. The second kappa shape index (κ2) is 15.0. The van der Waals surface area contributed by atoms with Gasteiger partial charge in [0.05, 0.1) is 18.0 Å². The number of hydrogen-bond acceptors (Lipinski definition) is 5. The predicted octanol–water partition coefficient (Wildman–Crippen LogP) is 6.85. The minimum Gasteiger partial charge on any atom is -0.463 e. The van der Waals surface area contributed by atoms with E-state index in [-0.39, 0.29) is 18.0 Å². The van der Waals surface area contributed by atoms with E-state index in [1.165, 1.54) is 12.0 Å². The molecule has 0 fully saturated rings. The van der Waals surface area contributed by atoms with Gasteiger partial charge in [0.2, 0.25) is 0 Å². The van der Waals surface area contributed by atoms with Crippen molar-refractivity contribution in [2.45, 2.75) is 84.7 Å². The zero-order valence-corrected chi connectivity index (χ0v) is 20.2. The molecule has 0 aliphatic rings. The summed E-state index contributed by atoms with van der Waals surface area (Å²) in [6.07, 6.45) is 13.5. The van der Waals surface area contributed by atoms with Gasteiger partial charge in [0, 0.05) is 18.4 Å². The molecule has 0 saturated carbocycles. The van der Waals surface area contributed by atoms with E-state index in [2.05, 4.69) is 36.2 Å². The van der Waals surface area contributed by atoms with E-state index in [0.717, 1.165) is 49.8 Å². The van der Waals surface area contributed by atoms with Gasteiger partial charge < -0.3 is 9.47 Å². The summed E-state index contributed by atoms with van der Waals surface area (Å²) >= 11 is 0. The lowest BCUT2D eigenvalue weighted by Gasteiger charge is -2.12. The third kappa shape index (κ3) is 10.5. The second-order valence-corrected chi connectivity index (χ2v) is 8.25. The first-order valence-corrected chi connectivity index (χ1v) is 12.1. The van der Waals surface area contributed by atoms with Crippen molar-refractivity contribution in [2.75, 3.05) is 0 Å². The van der Waals surface area contributed by atoms with Crippen molar-refractivity contribution in [3.63, 3.8) is 0 Å². The normalized spacial score (nSPS) is 12.0. The minimum atomic E-state index is -0.217. The Morgan fingerprint density at radius 3 is 2.39 bits per heavy atom. The fourth-order valence-electron chi connectivity index (χ4n) is 3.31. The summed E-state index contributed by atoms with van der Waals surface area (Å²) in [5.41, 5.74) is 3.01. The van der Waals surface area contributed by atoms with Gasteiger partial charge in [-0.2, -0.15) is 0 Å². The Morgan fingerprint density at radius 2 is 1.73 bits per heavy atom. The molecule has 0 aliphatic carbocycles. The standard InChI is InChI=1S/C28H37NO4/c1-4-6-7-8-9-10-11-12-28(31)33-25-19-20-26(29-21-25)24-17-15-23(16-18-24)14-13-22(3)32-27(30)5-2/h7-8,15-22H,4-6,9-14H2,1-3H3. The van der Waals surface area contributed by atoms with E-state index in [9.17, 15) is 9.59 Å². The average Bonchev–Trinajstić information content (AvgIpc) is 2.83. The molecule has 178 valence electrons. The van der Waals surface area contributed by atoms with Gasteiger partial charge in [0.1, 0.15) is 5.75 Å². The third-order valence-electron chi connectivity index (χ3n) is 5.30. The van der Waals surface area contributed by atoms with E-state index in [4.69, 9.17) is 9.47 Å². The van der Waals surface area contributed by atoms with E-state index >= 15 is 0 Å². The number of aromatic nitrogens is 1. The first-order valence-electron chi connectivity index (χ1n) is 12.1. The molecule has 1 heterocycles. The van der Waals surface area contributed by atoms with Crippen LogP contribution in [-0.2, 0) is 20.7 Å². The van der Waals surface area contributed by atoms with E-state index in [1.54, 1.807) is 19.2 Å². The average molecular weight is 452 g/mol. The van der Waals surface area contributed by atoms with E-state index < -0.39 is 0 Å². The van der Waals surface area contributed by atoms with Crippen LogP contribution in [0.25, 0.3) is 11.3 Å². The number of nitrogens with zero attached hydrogens (tertiary/aromatic N) is 1. The van der Waals surface area contributed by atoms with E-state index in [1.807, 2.05) is 25.1 Å². The predicted molar refractivity (Wildman–Crippen MR) is 132 cm³/mol. The summed E-state index contributed by atoms with van der Waals surface area (Å²) in [6.45, 7) is 5.89. The fourth-order valence-corrected chi connectivity index (χ4v) is 3.31. The molecule has 2 rings (SSSR count). The minimum absolute atomic E-state index is 0.0864. The largest absolute Gasteiger partial charge is 0.463 e. The van der Waals surface area contributed by atoms with Gasteiger partial charge in [-0.25, -0.2) is 0 Å². The van der Waals surface area contributed by atoms with Crippen molar-refractivity contribution in [1.82, 2.24) is 4.98 Å². The molecule has 0 amide bonds. The molecule has 0 radical (unpaired) electrons. The lowest BCUT2D eigenvalue weighted by atomic mass is 10.0. The van der Waals surface area contributed by atoms with Crippen LogP contribution in [0.4, 0.5) is 0 Å². The number of carbonyl (C=O) groups excluding carboxylic acids is 2. The quantitative estimate of drug-likeness (QED) is 0.179. The van der Waals surface area contributed by atoms with Crippen LogP contribution in [0.1, 0.15) is 77.7 Å². The van der Waals surface area contributed by atoms with E-state index in [0.29, 0.717) is 18.6 Å². The summed E-state index contributed by atoms with van der Waals surface area (Å²) in [6, 6.07) is 11.8. The van der Waals surface area contributed by atoms with Gasteiger partial charge in [-0.15, -0.1) is 0 Å². The summed E-state index contributed by atoms with van der Waals surface area (Å²) in [5, 5.41) is 0. The Morgan fingerprint density at radius 1 is 0.970 bits per heavy atom. The van der Waals surface area contributed by atoms with Gasteiger partial charge in [0.15, 0.2) is 0 Å². The van der Waals surface area contributed by atoms with Gasteiger partial charge >= 0.3 is 11.9 Å². The monoisotopic (exact) mass is 451 g/mol. The zero-order valence-electron chi connectivity index (χ0n) is 20.2. The molecule has 5 nitrogen and oxygen atoms in total. The molecule has 33 heavy (non-hydrogen) atoms. The highest BCUT2D eigenvalue weighted by molar-refractivity contribution is 5.72. The Kier molecular flexibility index (Phi) is 11.9. The molecule has 2 aromatic rings. The van der Waals surface area contributed by atoms with Gasteiger partial charge in [-0.3, -0.25) is 14.6 Å². The number of esters is 2. The van der Waals surface area contributed by atoms with Crippen LogP contribution in [0.5, 0.6) is 5.75 Å². The molecule has 1 aromatic heterocycles. The lowest BCUT2D eigenvalue weighted by molar-refractivity contribution is -0.148. The Hall–Kier alpha value is -2.95. The van der Waals surface area contributed by atoms with Crippen LogP contribution in [0.15, 0.2) is 54.7 Å². The molecule has 0 bridgehead atoms. The summed E-state index contributed by atoms with van der Waals surface area (Å²) < 4.78 is 10.7. The maximum absolute atomic E-state index is 12.0. The number of benzene rings is 1. The lowest BCUT2D eigenvalue weighted by Crippen LogP contribution is -2.14. The first kappa shape index (κ1) is 26.3. The highest BCUT2D eigenvalue weighted by Crippen LogP contribution is 2.21. The summed E-state index contributed by atoms with van der Waals surface area (Å²) in [7, 11) is 0. The topological polar surface area (TPSA) is 65.5 Å². The number of aryl methyl sites for hydroxylation is 1. The molecule has 0 aliphatic heterocycles. The molecular formula is C28H37NO4. The zero-order chi connectivity index (χ0) is 23.9. The molecule has 1 aromatic carbocycles. The number of ether oxygens (including phenoxy) is 2. The van der Waals surface area contributed by atoms with Crippen molar-refractivity contribution in [1.29, 1.82) is 0 Å². The van der Waals surface area contributed by atoms with Crippen LogP contribution in [0.3, 0.4) is 0 Å². The molecule has 0 N–H and O–H groups in total. The van der Waals surface area contributed by atoms with Gasteiger partial charge in [-0.1, -0.05) is 56.7 Å². The Labute approximate surface area is 198 Å². The van der Waals surface area contributed by atoms with Crippen LogP contribution >= 0.6 is 0 Å². The molecule has 1 unspecified atom stereocenters. The fraction of sp³-hybridized carbons (Fsp3) is 0.464. The number of pyridine rings is 1. The highest BCUT2D eigenvalue weighted by atomic mass is 16.5. The van der Waals surface area contributed by atoms with Crippen molar-refractivity contribution < 1.29 is 19.1 Å². The van der Waals surface area contributed by atoms with Crippen LogP contribution in [0, 0.1) is 0 Å². The Bertz CT molecular complexity index is 872. The van der Waals surface area contributed by atoms with Crippen molar-refractivity contribution in [3.8, 4) is 17.0 Å². The second-order valence-electron chi connectivity index (χ2n) is 8.25. The molecular weight excluding hydrogens is 414 g/mol. The summed E-state index contributed by atoms with van der Waals surface area (Å²) in [5.74, 6) is 0.0948. The van der Waals surface area contributed by atoms with Crippen LogP contribution < -0.4 is 4.74 Å². The highest BCUT2D eigenvalue weighted by Gasteiger charge is 2.09. The third-order valence-corrected chi connectivity index (χ3v) is 5.30. The van der Waals surface area contributed by atoms with Gasteiger partial charge in [-0.05, 0) is 63.1 Å². The smallest absolute Gasteiger partial charge is 0.311 e. The number of hydrogen-bond donors (Lipinski definition) is 0.